The molecule has 0 saturated carbocycles. The number of hydrogen-bond acceptors (Lipinski definition) is 5. The number of rotatable bonds is 6. The number of halogens is 1. The van der Waals surface area contributed by atoms with Crippen LogP contribution in [0.1, 0.15) is 24.3 Å². The minimum atomic E-state index is -0.487. The predicted molar refractivity (Wildman–Crippen MR) is 93.8 cm³/mol. The number of thiophene rings is 1. The largest absolute Gasteiger partial charge is 0.349 e. The van der Waals surface area contributed by atoms with Gasteiger partial charge in [-0.3, -0.25) is 4.79 Å². The van der Waals surface area contributed by atoms with Gasteiger partial charge in [0.1, 0.15) is 0 Å². The Morgan fingerprint density at radius 1 is 1.33 bits per heavy atom. The molecule has 2 heterocycles. The molecular formula is C16H16ClN5OS. The minimum absolute atomic E-state index is 0.119. The van der Waals surface area contributed by atoms with E-state index in [0.29, 0.717) is 23.8 Å². The molecule has 0 aliphatic heterocycles. The normalized spacial score (nSPS) is 12.1. The summed E-state index contributed by atoms with van der Waals surface area (Å²) in [7, 11) is 0. The van der Waals surface area contributed by atoms with E-state index < -0.39 is 6.04 Å². The highest BCUT2D eigenvalue weighted by atomic mass is 35.5. The van der Waals surface area contributed by atoms with Gasteiger partial charge in [0.25, 0.3) is 0 Å². The molecule has 2 aromatic heterocycles. The van der Waals surface area contributed by atoms with E-state index in [1.807, 2.05) is 36.6 Å². The molecule has 1 aromatic carbocycles. The molecule has 0 unspecified atom stereocenters. The van der Waals surface area contributed by atoms with E-state index in [4.69, 9.17) is 11.6 Å². The number of benzene rings is 1. The van der Waals surface area contributed by atoms with Crippen molar-refractivity contribution in [1.82, 2.24) is 25.5 Å². The number of hydrogen-bond donors (Lipinski definition) is 1. The summed E-state index contributed by atoms with van der Waals surface area (Å²) in [6.07, 6.45) is 0.576. The molecule has 24 heavy (non-hydrogen) atoms. The van der Waals surface area contributed by atoms with Crippen LogP contribution in [0.3, 0.4) is 0 Å². The topological polar surface area (TPSA) is 72.7 Å². The number of carbonyl (C=O) groups is 1. The second-order valence-electron chi connectivity index (χ2n) is 5.16. The van der Waals surface area contributed by atoms with Gasteiger partial charge in [-0.2, -0.15) is 4.80 Å². The van der Waals surface area contributed by atoms with Crippen LogP contribution in [0.4, 0.5) is 0 Å². The van der Waals surface area contributed by atoms with Crippen molar-refractivity contribution in [2.24, 2.45) is 0 Å². The van der Waals surface area contributed by atoms with Gasteiger partial charge in [-0.1, -0.05) is 24.6 Å². The van der Waals surface area contributed by atoms with Gasteiger partial charge in [0.05, 0.1) is 6.54 Å². The minimum Gasteiger partial charge on any atom is -0.349 e. The summed E-state index contributed by atoms with van der Waals surface area (Å²) in [5, 5.41) is 18.0. The van der Waals surface area contributed by atoms with Crippen LogP contribution in [0, 0.1) is 0 Å². The summed E-state index contributed by atoms with van der Waals surface area (Å²) in [4.78, 5) is 14.9. The van der Waals surface area contributed by atoms with Crippen molar-refractivity contribution in [2.75, 3.05) is 0 Å². The fraction of sp³-hybridized carbons (Fsp3) is 0.250. The fourth-order valence-corrected chi connectivity index (χ4v) is 3.00. The molecule has 1 N–H and O–H groups in total. The molecule has 6 nitrogen and oxygen atoms in total. The van der Waals surface area contributed by atoms with Gasteiger partial charge < -0.3 is 5.32 Å². The van der Waals surface area contributed by atoms with E-state index >= 15 is 0 Å². The maximum Gasteiger partial charge on any atom is 0.247 e. The van der Waals surface area contributed by atoms with E-state index in [9.17, 15) is 4.79 Å². The quantitative estimate of drug-likeness (QED) is 0.731. The average molecular weight is 362 g/mol. The van der Waals surface area contributed by atoms with Gasteiger partial charge in [-0.15, -0.1) is 21.5 Å². The molecule has 3 aromatic rings. The molecule has 0 aliphatic rings. The maximum absolute atomic E-state index is 12.4. The SMILES string of the molecule is CC[C@H](C(=O)NCc1cccs1)n1nnc(-c2ccc(Cl)cc2)n1. The van der Waals surface area contributed by atoms with Crippen LogP contribution >= 0.6 is 22.9 Å². The van der Waals surface area contributed by atoms with E-state index in [2.05, 4.69) is 20.7 Å². The molecule has 1 amide bonds. The van der Waals surface area contributed by atoms with Crippen LogP contribution in [0.5, 0.6) is 0 Å². The van der Waals surface area contributed by atoms with E-state index in [-0.39, 0.29) is 5.91 Å². The molecule has 0 bridgehead atoms. The number of aromatic nitrogens is 4. The van der Waals surface area contributed by atoms with E-state index in [1.165, 1.54) is 4.80 Å². The first-order valence-corrected chi connectivity index (χ1v) is 8.78. The van der Waals surface area contributed by atoms with Crippen molar-refractivity contribution in [1.29, 1.82) is 0 Å². The Hall–Kier alpha value is -2.25. The third kappa shape index (κ3) is 3.80. The highest BCUT2D eigenvalue weighted by Crippen LogP contribution is 2.18. The maximum atomic E-state index is 12.4. The number of nitrogens with zero attached hydrogens (tertiary/aromatic N) is 4. The molecule has 0 fully saturated rings. The van der Waals surface area contributed by atoms with Crippen molar-refractivity contribution in [2.45, 2.75) is 25.9 Å². The molecule has 8 heteroatoms. The third-order valence-corrected chi connectivity index (χ3v) is 4.64. The first-order chi connectivity index (χ1) is 11.7. The third-order valence-electron chi connectivity index (χ3n) is 3.52. The molecule has 124 valence electrons. The zero-order valence-electron chi connectivity index (χ0n) is 13.0. The first-order valence-electron chi connectivity index (χ1n) is 7.53. The van der Waals surface area contributed by atoms with Crippen molar-refractivity contribution in [3.05, 3.63) is 51.7 Å². The molecular weight excluding hydrogens is 346 g/mol. The highest BCUT2D eigenvalue weighted by Gasteiger charge is 2.21. The van der Waals surface area contributed by atoms with Gasteiger partial charge in [0, 0.05) is 15.5 Å². The van der Waals surface area contributed by atoms with Crippen LogP contribution in [0.15, 0.2) is 41.8 Å². The van der Waals surface area contributed by atoms with Crippen LogP contribution < -0.4 is 5.32 Å². The van der Waals surface area contributed by atoms with Crippen LogP contribution in [-0.4, -0.2) is 26.1 Å². The zero-order chi connectivity index (χ0) is 16.9. The summed E-state index contributed by atoms with van der Waals surface area (Å²) >= 11 is 7.49. The lowest BCUT2D eigenvalue weighted by Crippen LogP contribution is -2.32. The highest BCUT2D eigenvalue weighted by molar-refractivity contribution is 7.09. The predicted octanol–water partition coefficient (Wildman–Crippen LogP) is 3.32. The lowest BCUT2D eigenvalue weighted by Gasteiger charge is -2.12. The van der Waals surface area contributed by atoms with Gasteiger partial charge in [-0.05, 0) is 47.3 Å². The standard InChI is InChI=1S/C16H16ClN5OS/c1-2-14(16(23)18-10-13-4-3-9-24-13)22-20-15(19-21-22)11-5-7-12(17)8-6-11/h3-9,14H,2,10H2,1H3,(H,18,23)/t14-/m1/s1. The van der Waals surface area contributed by atoms with Gasteiger partial charge in [0.2, 0.25) is 11.7 Å². The van der Waals surface area contributed by atoms with Crippen molar-refractivity contribution >= 4 is 28.8 Å². The van der Waals surface area contributed by atoms with Gasteiger partial charge >= 0.3 is 0 Å². The Labute approximate surface area is 148 Å². The van der Waals surface area contributed by atoms with Crippen LogP contribution in [0.2, 0.25) is 5.02 Å². The van der Waals surface area contributed by atoms with Crippen LogP contribution in [-0.2, 0) is 11.3 Å². The molecule has 0 radical (unpaired) electrons. The van der Waals surface area contributed by atoms with Crippen molar-refractivity contribution in [3.63, 3.8) is 0 Å². The second kappa shape index (κ2) is 7.55. The van der Waals surface area contributed by atoms with Gasteiger partial charge in [0.15, 0.2) is 6.04 Å². The number of tetrazole rings is 1. The van der Waals surface area contributed by atoms with Crippen molar-refractivity contribution in [3.8, 4) is 11.4 Å². The summed E-state index contributed by atoms with van der Waals surface area (Å²) in [6, 6.07) is 10.6. The molecule has 0 saturated heterocycles. The van der Waals surface area contributed by atoms with E-state index in [0.717, 1.165) is 10.4 Å². The smallest absolute Gasteiger partial charge is 0.247 e. The zero-order valence-corrected chi connectivity index (χ0v) is 14.6. The van der Waals surface area contributed by atoms with E-state index in [1.54, 1.807) is 23.5 Å². The lowest BCUT2D eigenvalue weighted by molar-refractivity contribution is -0.125. The number of carbonyl (C=O) groups excluding carboxylic acids is 1. The summed E-state index contributed by atoms with van der Waals surface area (Å²) in [6.45, 7) is 2.42. The Balaban J connectivity index is 1.71. The number of amides is 1. The fourth-order valence-electron chi connectivity index (χ4n) is 2.23. The molecule has 0 aliphatic carbocycles. The van der Waals surface area contributed by atoms with Crippen molar-refractivity contribution < 1.29 is 4.79 Å². The van der Waals surface area contributed by atoms with Gasteiger partial charge in [-0.25, -0.2) is 0 Å². The number of nitrogens with one attached hydrogen (secondary N) is 1. The Bertz CT molecular complexity index is 800. The first kappa shape index (κ1) is 16.6. The summed E-state index contributed by atoms with van der Waals surface area (Å²) in [5.74, 6) is 0.349. The summed E-state index contributed by atoms with van der Waals surface area (Å²) in [5.41, 5.74) is 0.805. The molecule has 0 spiro atoms. The Morgan fingerprint density at radius 2 is 2.12 bits per heavy atom. The monoisotopic (exact) mass is 361 g/mol. The molecule has 1 atom stereocenters. The summed E-state index contributed by atoms with van der Waals surface area (Å²) < 4.78 is 0. The second-order valence-corrected chi connectivity index (χ2v) is 6.63. The average Bonchev–Trinajstić information content (AvgIpc) is 3.26. The Morgan fingerprint density at radius 3 is 2.79 bits per heavy atom. The molecule has 3 rings (SSSR count). The Kier molecular flexibility index (Phi) is 5.22. The lowest BCUT2D eigenvalue weighted by atomic mass is 10.2. The van der Waals surface area contributed by atoms with Crippen LogP contribution in [0.25, 0.3) is 11.4 Å².